The normalized spacial score (nSPS) is 15.5. The summed E-state index contributed by atoms with van der Waals surface area (Å²) in [4.78, 5) is 42.2. The molecule has 0 spiro atoms. The van der Waals surface area contributed by atoms with Gasteiger partial charge in [-0.25, -0.2) is 9.48 Å². The zero-order chi connectivity index (χ0) is 29.8. The first kappa shape index (κ1) is 28.2. The molecule has 1 aliphatic heterocycles. The van der Waals surface area contributed by atoms with Crippen LogP contribution in [0.5, 0.6) is 11.5 Å². The first-order chi connectivity index (χ1) is 21.0. The maximum Gasteiger partial charge on any atom is 0.337 e. The lowest BCUT2D eigenvalue weighted by Gasteiger charge is -2.34. The number of nitrogens with zero attached hydrogens (tertiary/aromatic N) is 4. The lowest BCUT2D eigenvalue weighted by atomic mass is 9.94. The van der Waals surface area contributed by atoms with Crippen LogP contribution in [0.15, 0.2) is 66.7 Å². The fourth-order valence-electron chi connectivity index (χ4n) is 5.72. The number of carbonyl (C=O) groups is 3. The van der Waals surface area contributed by atoms with Gasteiger partial charge in [0.25, 0.3) is 0 Å². The van der Waals surface area contributed by atoms with Crippen LogP contribution in [0.2, 0.25) is 0 Å². The average Bonchev–Trinajstić information content (AvgIpc) is 3.46. The van der Waals surface area contributed by atoms with E-state index < -0.39 is 12.0 Å². The number of carbonyl (C=O) groups excluding carboxylic acids is 3. The van der Waals surface area contributed by atoms with Crippen LogP contribution >= 0.6 is 0 Å². The molecule has 1 atom stereocenters. The fourth-order valence-corrected chi connectivity index (χ4v) is 5.72. The van der Waals surface area contributed by atoms with Crippen molar-refractivity contribution in [1.29, 1.82) is 0 Å². The van der Waals surface area contributed by atoms with E-state index >= 15 is 0 Å². The second-order valence-corrected chi connectivity index (χ2v) is 10.7. The highest BCUT2D eigenvalue weighted by atomic mass is 16.6. The van der Waals surface area contributed by atoms with Gasteiger partial charge in [0, 0.05) is 17.8 Å². The van der Waals surface area contributed by atoms with Gasteiger partial charge in [-0.3, -0.25) is 14.5 Å². The largest absolute Gasteiger partial charge is 0.486 e. The van der Waals surface area contributed by atoms with Gasteiger partial charge >= 0.3 is 5.97 Å². The quantitative estimate of drug-likeness (QED) is 0.306. The number of hydrogen-bond acceptors (Lipinski definition) is 8. The number of nitrogens with one attached hydrogen (secondary N) is 1. The van der Waals surface area contributed by atoms with Gasteiger partial charge in [-0.05, 0) is 54.8 Å². The molecule has 1 fully saturated rings. The summed E-state index contributed by atoms with van der Waals surface area (Å²) in [5.41, 5.74) is 2.69. The number of methoxy groups -OCH3 is 1. The number of amides is 2. The molecule has 1 aliphatic carbocycles. The molecule has 43 heavy (non-hydrogen) atoms. The fraction of sp³-hybridized carbons (Fsp3) is 0.344. The standard InChI is InChI=1S/C32H33N5O6/c1-41-32(40)22-13-11-21(12-14-22)30(31(39)33-23-7-3-2-4-8-23)37(24-15-16-27-28(19-24)43-18-17-42-27)29(38)20-36-26-10-6-5-9-25(26)34-35-36/h5-6,9-16,19,23,30H,2-4,7-8,17-18,20H2,1H3,(H,33,39). The number of ether oxygens (including phenoxy) is 3. The minimum absolute atomic E-state index is 0.00886. The average molecular weight is 584 g/mol. The molecule has 11 nitrogen and oxygen atoms in total. The first-order valence-electron chi connectivity index (χ1n) is 14.5. The van der Waals surface area contributed by atoms with Gasteiger partial charge in [-0.2, -0.15) is 0 Å². The molecule has 1 unspecified atom stereocenters. The van der Waals surface area contributed by atoms with E-state index in [1.165, 1.54) is 16.7 Å². The Labute approximate surface area is 248 Å². The van der Waals surface area contributed by atoms with Crippen molar-refractivity contribution in [2.45, 2.75) is 50.7 Å². The Hall–Kier alpha value is -4.93. The van der Waals surface area contributed by atoms with Gasteiger partial charge in [0.05, 0.1) is 18.2 Å². The number of hydrogen-bond donors (Lipinski definition) is 1. The van der Waals surface area contributed by atoms with E-state index in [9.17, 15) is 14.4 Å². The summed E-state index contributed by atoms with van der Waals surface area (Å²) in [6.45, 7) is 0.631. The summed E-state index contributed by atoms with van der Waals surface area (Å²) in [5, 5.41) is 11.6. The first-order valence-corrected chi connectivity index (χ1v) is 14.5. The van der Waals surface area contributed by atoms with Crippen LogP contribution in [0.4, 0.5) is 5.69 Å². The molecule has 222 valence electrons. The van der Waals surface area contributed by atoms with Gasteiger partial charge < -0.3 is 19.5 Å². The van der Waals surface area contributed by atoms with E-state index in [1.54, 1.807) is 42.5 Å². The molecular weight excluding hydrogens is 550 g/mol. The van der Waals surface area contributed by atoms with Crippen molar-refractivity contribution in [2.75, 3.05) is 25.2 Å². The molecule has 2 amide bonds. The van der Waals surface area contributed by atoms with Crippen molar-refractivity contribution in [3.05, 3.63) is 77.9 Å². The Balaban J connectivity index is 1.43. The highest BCUT2D eigenvalue weighted by molar-refractivity contribution is 6.02. The van der Waals surface area contributed by atoms with Crippen LogP contribution in [0, 0.1) is 0 Å². The lowest BCUT2D eigenvalue weighted by Crippen LogP contribution is -2.48. The van der Waals surface area contributed by atoms with Crippen molar-refractivity contribution < 1.29 is 28.6 Å². The van der Waals surface area contributed by atoms with Crippen LogP contribution in [0.1, 0.15) is 54.1 Å². The molecule has 1 N–H and O–H groups in total. The Morgan fingerprint density at radius 3 is 2.49 bits per heavy atom. The Morgan fingerprint density at radius 1 is 0.977 bits per heavy atom. The van der Waals surface area contributed by atoms with Crippen LogP contribution in [-0.4, -0.2) is 59.1 Å². The smallest absolute Gasteiger partial charge is 0.337 e. The van der Waals surface area contributed by atoms with Crippen molar-refractivity contribution >= 4 is 34.5 Å². The summed E-state index contributed by atoms with van der Waals surface area (Å²) < 4.78 is 17.9. The molecule has 2 heterocycles. The molecule has 1 aromatic heterocycles. The molecule has 4 aromatic rings. The monoisotopic (exact) mass is 583 g/mol. The molecule has 1 saturated carbocycles. The number of rotatable bonds is 8. The SMILES string of the molecule is COC(=O)c1ccc(C(C(=O)NC2CCCCC2)N(C(=O)Cn2nnc3ccccc32)c2ccc3c(c2)OCCO3)cc1. The predicted molar refractivity (Wildman–Crippen MR) is 158 cm³/mol. The maximum absolute atomic E-state index is 14.4. The summed E-state index contributed by atoms with van der Waals surface area (Å²) in [5.74, 6) is -0.138. The predicted octanol–water partition coefficient (Wildman–Crippen LogP) is 4.21. The number of fused-ring (bicyclic) bond motifs is 2. The van der Waals surface area contributed by atoms with Crippen LogP contribution in [-0.2, 0) is 20.9 Å². The van der Waals surface area contributed by atoms with E-state index in [2.05, 4.69) is 15.6 Å². The second-order valence-electron chi connectivity index (χ2n) is 10.7. The molecule has 2 aliphatic rings. The van der Waals surface area contributed by atoms with Crippen molar-refractivity contribution in [1.82, 2.24) is 20.3 Å². The zero-order valence-electron chi connectivity index (χ0n) is 23.9. The van der Waals surface area contributed by atoms with E-state index in [0.29, 0.717) is 52.6 Å². The molecular formula is C32H33N5O6. The van der Waals surface area contributed by atoms with Gasteiger partial charge in [-0.15, -0.1) is 5.10 Å². The molecule has 6 rings (SSSR count). The zero-order valence-corrected chi connectivity index (χ0v) is 23.9. The summed E-state index contributed by atoms with van der Waals surface area (Å²) in [7, 11) is 1.31. The van der Waals surface area contributed by atoms with Gasteiger partial charge in [-0.1, -0.05) is 48.7 Å². The van der Waals surface area contributed by atoms with Gasteiger partial charge in [0.15, 0.2) is 11.5 Å². The van der Waals surface area contributed by atoms with Crippen LogP contribution < -0.4 is 19.7 Å². The lowest BCUT2D eigenvalue weighted by molar-refractivity contribution is -0.127. The summed E-state index contributed by atoms with van der Waals surface area (Å²) in [6, 6.07) is 18.1. The van der Waals surface area contributed by atoms with E-state index in [1.807, 2.05) is 24.3 Å². The maximum atomic E-state index is 14.4. The number of aromatic nitrogens is 3. The van der Waals surface area contributed by atoms with Gasteiger partial charge in [0.2, 0.25) is 11.8 Å². The third-order valence-electron chi connectivity index (χ3n) is 7.88. The van der Waals surface area contributed by atoms with Crippen molar-refractivity contribution in [2.24, 2.45) is 0 Å². The van der Waals surface area contributed by atoms with E-state index in [4.69, 9.17) is 14.2 Å². The van der Waals surface area contributed by atoms with Crippen LogP contribution in [0.25, 0.3) is 11.0 Å². The highest BCUT2D eigenvalue weighted by Gasteiger charge is 2.35. The Bertz CT molecular complexity index is 1630. The van der Waals surface area contributed by atoms with Crippen molar-refractivity contribution in [3.8, 4) is 11.5 Å². The molecule has 3 aromatic carbocycles. The number of anilines is 1. The topological polar surface area (TPSA) is 125 Å². The van der Waals surface area contributed by atoms with Crippen molar-refractivity contribution in [3.63, 3.8) is 0 Å². The molecule has 0 bridgehead atoms. The second kappa shape index (κ2) is 12.5. The molecule has 0 radical (unpaired) electrons. The number of benzene rings is 3. The number of para-hydroxylation sites is 1. The molecule has 0 saturated heterocycles. The van der Waals surface area contributed by atoms with Gasteiger partial charge in [0.1, 0.15) is 31.3 Å². The van der Waals surface area contributed by atoms with E-state index in [0.717, 1.165) is 32.1 Å². The third-order valence-corrected chi connectivity index (χ3v) is 7.88. The van der Waals surface area contributed by atoms with E-state index in [-0.39, 0.29) is 24.4 Å². The number of esters is 1. The Kier molecular flexibility index (Phi) is 8.21. The Morgan fingerprint density at radius 2 is 1.72 bits per heavy atom. The molecule has 11 heteroatoms. The van der Waals surface area contributed by atoms with Crippen LogP contribution in [0.3, 0.4) is 0 Å². The summed E-state index contributed by atoms with van der Waals surface area (Å²) >= 11 is 0. The minimum Gasteiger partial charge on any atom is -0.486 e. The third kappa shape index (κ3) is 6.01. The highest BCUT2D eigenvalue weighted by Crippen LogP contribution is 2.37. The summed E-state index contributed by atoms with van der Waals surface area (Å²) in [6.07, 6.45) is 4.96. The minimum atomic E-state index is -1.06.